The minimum Gasteiger partial charge on any atom is -0.487 e. The number of piperidine rings is 1. The number of hydrogen-bond acceptors (Lipinski definition) is 4. The molecular formula is C26H28N2O2. The fourth-order valence-electron chi connectivity index (χ4n) is 5.10. The first-order valence-electron chi connectivity index (χ1n) is 10.8. The average Bonchev–Trinajstić information content (AvgIpc) is 3.03. The van der Waals surface area contributed by atoms with Crippen LogP contribution in [0.25, 0.3) is 0 Å². The molecule has 0 aliphatic carbocycles. The second-order valence-corrected chi connectivity index (χ2v) is 8.67. The van der Waals surface area contributed by atoms with E-state index in [2.05, 4.69) is 40.2 Å². The van der Waals surface area contributed by atoms with Crippen LogP contribution in [0.1, 0.15) is 42.4 Å². The molecule has 5 rings (SSSR count). The first kappa shape index (κ1) is 19.3. The van der Waals surface area contributed by atoms with E-state index in [1.807, 2.05) is 42.6 Å². The normalized spacial score (nSPS) is 25.9. The SMILES string of the molecule is OC1(c2cncc(OCc3ccccc3)c2)CC2CCC(C1)N2Cc1ccccc1. The summed E-state index contributed by atoms with van der Waals surface area (Å²) in [5, 5.41) is 11.6. The number of hydrogen-bond donors (Lipinski definition) is 1. The highest BCUT2D eigenvalue weighted by Gasteiger charge is 2.48. The van der Waals surface area contributed by atoms with Gasteiger partial charge in [-0.15, -0.1) is 0 Å². The summed E-state index contributed by atoms with van der Waals surface area (Å²) < 4.78 is 5.95. The van der Waals surface area contributed by atoms with E-state index in [0.29, 0.717) is 24.4 Å². The van der Waals surface area contributed by atoms with Crippen LogP contribution in [0.2, 0.25) is 0 Å². The molecule has 4 heteroatoms. The second-order valence-electron chi connectivity index (χ2n) is 8.67. The maximum absolute atomic E-state index is 11.6. The van der Waals surface area contributed by atoms with E-state index in [1.54, 1.807) is 6.20 Å². The van der Waals surface area contributed by atoms with Crippen LogP contribution in [0.4, 0.5) is 0 Å². The highest BCUT2D eigenvalue weighted by Crippen LogP contribution is 2.46. The Labute approximate surface area is 178 Å². The second kappa shape index (κ2) is 8.21. The van der Waals surface area contributed by atoms with Gasteiger partial charge in [0.25, 0.3) is 0 Å². The predicted molar refractivity (Wildman–Crippen MR) is 117 cm³/mol. The van der Waals surface area contributed by atoms with E-state index in [0.717, 1.165) is 43.4 Å². The molecule has 2 aromatic carbocycles. The van der Waals surface area contributed by atoms with Gasteiger partial charge in [-0.1, -0.05) is 60.7 Å². The van der Waals surface area contributed by atoms with Crippen LogP contribution in [0.5, 0.6) is 5.75 Å². The number of rotatable bonds is 6. The van der Waals surface area contributed by atoms with Gasteiger partial charge in [-0.05, 0) is 42.9 Å². The molecule has 2 fully saturated rings. The molecule has 0 radical (unpaired) electrons. The zero-order valence-electron chi connectivity index (χ0n) is 17.2. The van der Waals surface area contributed by atoms with Gasteiger partial charge < -0.3 is 9.84 Å². The van der Waals surface area contributed by atoms with Gasteiger partial charge in [0.1, 0.15) is 12.4 Å². The Kier molecular flexibility index (Phi) is 5.28. The lowest BCUT2D eigenvalue weighted by Gasteiger charge is -2.44. The third-order valence-electron chi connectivity index (χ3n) is 6.62. The van der Waals surface area contributed by atoms with E-state index in [1.165, 1.54) is 5.56 Å². The quantitative estimate of drug-likeness (QED) is 0.653. The van der Waals surface area contributed by atoms with Crippen molar-refractivity contribution in [1.29, 1.82) is 0 Å². The lowest BCUT2D eigenvalue weighted by molar-refractivity contribution is -0.0598. The van der Waals surface area contributed by atoms with Crippen LogP contribution in [0.3, 0.4) is 0 Å². The summed E-state index contributed by atoms with van der Waals surface area (Å²) in [6, 6.07) is 23.5. The number of fused-ring (bicyclic) bond motifs is 2. The average molecular weight is 401 g/mol. The van der Waals surface area contributed by atoms with Crippen molar-refractivity contribution >= 4 is 0 Å². The minimum absolute atomic E-state index is 0.405. The molecule has 0 spiro atoms. The van der Waals surface area contributed by atoms with E-state index in [9.17, 15) is 5.11 Å². The monoisotopic (exact) mass is 400 g/mol. The Morgan fingerprint density at radius 2 is 1.53 bits per heavy atom. The predicted octanol–water partition coefficient (Wildman–Crippen LogP) is 4.68. The van der Waals surface area contributed by atoms with Crippen molar-refractivity contribution in [1.82, 2.24) is 9.88 Å². The molecule has 2 bridgehead atoms. The fourth-order valence-corrected chi connectivity index (χ4v) is 5.10. The van der Waals surface area contributed by atoms with Crippen LogP contribution in [0, 0.1) is 0 Å². The molecular weight excluding hydrogens is 372 g/mol. The number of pyridine rings is 1. The Bertz CT molecular complexity index is 963. The number of aromatic nitrogens is 1. The fraction of sp³-hybridized carbons (Fsp3) is 0.346. The Morgan fingerprint density at radius 3 is 2.20 bits per heavy atom. The molecule has 1 N–H and O–H groups in total. The van der Waals surface area contributed by atoms with Crippen molar-refractivity contribution in [3.63, 3.8) is 0 Å². The standard InChI is InChI=1S/C26H28N2O2/c29-26(22-13-25(17-27-16-22)30-19-21-9-5-2-6-10-21)14-23-11-12-24(15-26)28(23)18-20-7-3-1-4-8-20/h1-10,13,16-17,23-24,29H,11-12,14-15,18-19H2. The molecule has 2 unspecified atom stereocenters. The van der Waals surface area contributed by atoms with Crippen molar-refractivity contribution < 1.29 is 9.84 Å². The Morgan fingerprint density at radius 1 is 0.900 bits per heavy atom. The molecule has 2 atom stereocenters. The summed E-state index contributed by atoms with van der Waals surface area (Å²) in [5.41, 5.74) is 2.51. The number of benzene rings is 2. The van der Waals surface area contributed by atoms with Gasteiger partial charge in [-0.2, -0.15) is 0 Å². The van der Waals surface area contributed by atoms with Crippen molar-refractivity contribution in [2.75, 3.05) is 0 Å². The molecule has 0 amide bonds. The highest BCUT2D eigenvalue weighted by molar-refractivity contribution is 5.30. The van der Waals surface area contributed by atoms with Gasteiger partial charge >= 0.3 is 0 Å². The van der Waals surface area contributed by atoms with Crippen LogP contribution in [0.15, 0.2) is 79.1 Å². The smallest absolute Gasteiger partial charge is 0.138 e. The van der Waals surface area contributed by atoms with Gasteiger partial charge in [0.2, 0.25) is 0 Å². The maximum Gasteiger partial charge on any atom is 0.138 e. The van der Waals surface area contributed by atoms with E-state index in [-0.39, 0.29) is 0 Å². The molecule has 0 saturated carbocycles. The van der Waals surface area contributed by atoms with Crippen molar-refractivity contribution in [3.05, 3.63) is 95.8 Å². The van der Waals surface area contributed by atoms with Crippen molar-refractivity contribution in [2.24, 2.45) is 0 Å². The summed E-state index contributed by atoms with van der Waals surface area (Å²) in [5.74, 6) is 0.712. The zero-order chi connectivity index (χ0) is 20.4. The number of ether oxygens (including phenoxy) is 1. The first-order chi connectivity index (χ1) is 14.7. The highest BCUT2D eigenvalue weighted by atomic mass is 16.5. The van der Waals surface area contributed by atoms with Gasteiger partial charge in [0.15, 0.2) is 0 Å². The lowest BCUT2D eigenvalue weighted by Crippen LogP contribution is -2.49. The maximum atomic E-state index is 11.6. The van der Waals surface area contributed by atoms with Gasteiger partial charge in [0.05, 0.1) is 11.8 Å². The molecule has 30 heavy (non-hydrogen) atoms. The van der Waals surface area contributed by atoms with Crippen molar-refractivity contribution in [2.45, 2.75) is 56.5 Å². The third kappa shape index (κ3) is 3.98. The summed E-state index contributed by atoms with van der Waals surface area (Å²) in [4.78, 5) is 6.97. The molecule has 2 aliphatic rings. The van der Waals surface area contributed by atoms with E-state index < -0.39 is 5.60 Å². The summed E-state index contributed by atoms with van der Waals surface area (Å²) in [6.07, 6.45) is 7.34. The molecule has 2 saturated heterocycles. The molecule has 3 heterocycles. The zero-order valence-corrected chi connectivity index (χ0v) is 17.2. The van der Waals surface area contributed by atoms with E-state index >= 15 is 0 Å². The van der Waals surface area contributed by atoms with Gasteiger partial charge in [-0.25, -0.2) is 0 Å². The first-order valence-corrected chi connectivity index (χ1v) is 10.8. The van der Waals surface area contributed by atoms with Gasteiger partial charge in [-0.3, -0.25) is 9.88 Å². The number of nitrogens with zero attached hydrogens (tertiary/aromatic N) is 2. The van der Waals surface area contributed by atoms with Gasteiger partial charge in [0, 0.05) is 30.4 Å². The summed E-state index contributed by atoms with van der Waals surface area (Å²) in [6.45, 7) is 1.46. The van der Waals surface area contributed by atoms with Crippen LogP contribution in [-0.2, 0) is 18.8 Å². The van der Waals surface area contributed by atoms with Crippen LogP contribution >= 0.6 is 0 Å². The number of aliphatic hydroxyl groups is 1. The Balaban J connectivity index is 1.29. The third-order valence-corrected chi connectivity index (χ3v) is 6.62. The summed E-state index contributed by atoms with van der Waals surface area (Å²) in [7, 11) is 0. The lowest BCUT2D eigenvalue weighted by atomic mass is 9.81. The topological polar surface area (TPSA) is 45.6 Å². The minimum atomic E-state index is -0.835. The molecule has 154 valence electrons. The Hall–Kier alpha value is -2.69. The molecule has 4 nitrogen and oxygen atoms in total. The van der Waals surface area contributed by atoms with Crippen molar-refractivity contribution in [3.8, 4) is 5.75 Å². The molecule has 2 aliphatic heterocycles. The van der Waals surface area contributed by atoms with Crippen LogP contribution in [-0.4, -0.2) is 27.1 Å². The van der Waals surface area contributed by atoms with Crippen LogP contribution < -0.4 is 4.74 Å². The largest absolute Gasteiger partial charge is 0.487 e. The molecule has 3 aromatic rings. The van der Waals surface area contributed by atoms with E-state index in [4.69, 9.17) is 4.74 Å². The summed E-state index contributed by atoms with van der Waals surface area (Å²) >= 11 is 0. The molecule has 1 aromatic heterocycles.